The highest BCUT2D eigenvalue weighted by molar-refractivity contribution is 6.25. The molecule has 2 aromatic rings. The van der Waals surface area contributed by atoms with Crippen LogP contribution in [0, 0.1) is 17.2 Å². The zero-order valence-electron chi connectivity index (χ0n) is 16.1. The van der Waals surface area contributed by atoms with Gasteiger partial charge >= 0.3 is 6.03 Å². The number of urea groups is 1. The van der Waals surface area contributed by atoms with E-state index in [0.29, 0.717) is 29.4 Å². The molecule has 146 valence electrons. The number of piperazine rings is 1. The van der Waals surface area contributed by atoms with Crippen molar-refractivity contribution in [3.63, 3.8) is 0 Å². The lowest BCUT2D eigenvalue weighted by Gasteiger charge is -2.35. The van der Waals surface area contributed by atoms with E-state index in [1.54, 1.807) is 34.1 Å². The van der Waals surface area contributed by atoms with Crippen LogP contribution in [0.25, 0.3) is 10.8 Å². The first-order valence-corrected chi connectivity index (χ1v) is 9.68. The summed E-state index contributed by atoms with van der Waals surface area (Å²) in [5.74, 6) is -0.473. The number of likely N-dealkylation sites (tertiary alicyclic amines) is 1. The first-order valence-electron chi connectivity index (χ1n) is 9.68. The van der Waals surface area contributed by atoms with Gasteiger partial charge in [-0.15, -0.1) is 0 Å². The smallest absolute Gasteiger partial charge is 0.332 e. The SMILES string of the molecule is CC(C)C(=O)N1CC2CC1[C@@H]1C(=O)N(c3cnc(C#N)c4ccccc34)C(=O)N21. The molecule has 2 unspecified atom stereocenters. The van der Waals surface area contributed by atoms with E-state index < -0.39 is 6.04 Å². The lowest BCUT2D eigenvalue weighted by molar-refractivity contribution is -0.138. The molecule has 0 saturated carbocycles. The molecule has 0 radical (unpaired) electrons. The van der Waals surface area contributed by atoms with Crippen LogP contribution in [-0.2, 0) is 9.59 Å². The number of nitriles is 1. The Labute approximate surface area is 167 Å². The van der Waals surface area contributed by atoms with Crippen molar-refractivity contribution in [2.75, 3.05) is 11.4 Å². The number of fused-ring (bicyclic) bond motifs is 6. The maximum Gasteiger partial charge on any atom is 0.332 e. The van der Waals surface area contributed by atoms with E-state index >= 15 is 0 Å². The fourth-order valence-electron chi connectivity index (χ4n) is 4.91. The van der Waals surface area contributed by atoms with Crippen molar-refractivity contribution in [2.24, 2.45) is 5.92 Å². The van der Waals surface area contributed by atoms with Crippen molar-refractivity contribution in [1.82, 2.24) is 14.8 Å². The fraction of sp³-hybridized carbons (Fsp3) is 0.381. The second-order valence-electron chi connectivity index (χ2n) is 8.06. The molecular weight excluding hydrogens is 370 g/mol. The van der Waals surface area contributed by atoms with Gasteiger partial charge in [0.05, 0.1) is 24.0 Å². The van der Waals surface area contributed by atoms with Crippen LogP contribution < -0.4 is 4.90 Å². The van der Waals surface area contributed by atoms with Gasteiger partial charge in [0.1, 0.15) is 17.8 Å². The van der Waals surface area contributed by atoms with Gasteiger partial charge in [0, 0.05) is 23.2 Å². The predicted molar refractivity (Wildman–Crippen MR) is 104 cm³/mol. The van der Waals surface area contributed by atoms with E-state index in [0.717, 1.165) is 0 Å². The number of carbonyl (C=O) groups excluding carboxylic acids is 3. The van der Waals surface area contributed by atoms with Gasteiger partial charge in [-0.25, -0.2) is 14.7 Å². The highest BCUT2D eigenvalue weighted by atomic mass is 16.2. The van der Waals surface area contributed by atoms with Crippen LogP contribution in [0.15, 0.2) is 30.5 Å². The third-order valence-electron chi connectivity index (χ3n) is 6.16. The molecule has 3 fully saturated rings. The Balaban J connectivity index is 1.57. The minimum atomic E-state index is -0.654. The number of benzene rings is 1. The summed E-state index contributed by atoms with van der Waals surface area (Å²) in [5, 5.41) is 10.6. The summed E-state index contributed by atoms with van der Waals surface area (Å²) in [6.07, 6.45) is 2.05. The Bertz CT molecular complexity index is 1120. The zero-order chi connectivity index (χ0) is 20.4. The Morgan fingerprint density at radius 3 is 2.66 bits per heavy atom. The maximum absolute atomic E-state index is 13.4. The number of nitrogens with zero attached hydrogens (tertiary/aromatic N) is 5. The molecule has 29 heavy (non-hydrogen) atoms. The van der Waals surface area contributed by atoms with Crippen LogP contribution >= 0.6 is 0 Å². The van der Waals surface area contributed by atoms with Gasteiger partial charge in [0.25, 0.3) is 5.91 Å². The number of aromatic nitrogens is 1. The van der Waals surface area contributed by atoms with Crippen LogP contribution in [0.2, 0.25) is 0 Å². The van der Waals surface area contributed by atoms with Crippen LogP contribution in [-0.4, -0.2) is 57.3 Å². The number of anilines is 1. The van der Waals surface area contributed by atoms with Gasteiger partial charge < -0.3 is 9.80 Å². The molecule has 4 amide bonds. The van der Waals surface area contributed by atoms with E-state index in [1.165, 1.54) is 11.1 Å². The number of imide groups is 1. The summed E-state index contributed by atoms with van der Waals surface area (Å²) < 4.78 is 0. The van der Waals surface area contributed by atoms with E-state index in [-0.39, 0.29) is 41.5 Å². The van der Waals surface area contributed by atoms with Crippen LogP contribution in [0.5, 0.6) is 0 Å². The van der Waals surface area contributed by atoms with Gasteiger partial charge in [-0.2, -0.15) is 5.26 Å². The number of carbonyl (C=O) groups is 3. The molecule has 3 aliphatic rings. The first-order chi connectivity index (χ1) is 13.9. The summed E-state index contributed by atoms with van der Waals surface area (Å²) in [4.78, 5) is 47.9. The summed E-state index contributed by atoms with van der Waals surface area (Å²) in [7, 11) is 0. The molecule has 0 spiro atoms. The van der Waals surface area contributed by atoms with Crippen molar-refractivity contribution >= 4 is 34.3 Å². The molecule has 4 heterocycles. The number of hydrogen-bond acceptors (Lipinski definition) is 5. The van der Waals surface area contributed by atoms with Crippen LogP contribution in [0.4, 0.5) is 10.5 Å². The van der Waals surface area contributed by atoms with Crippen molar-refractivity contribution in [3.05, 3.63) is 36.2 Å². The molecule has 3 atom stereocenters. The molecule has 1 aromatic heterocycles. The molecule has 0 aliphatic carbocycles. The summed E-state index contributed by atoms with van der Waals surface area (Å²) in [5.41, 5.74) is 0.628. The molecular formula is C21H19N5O3. The molecule has 5 rings (SSSR count). The predicted octanol–water partition coefficient (Wildman–Crippen LogP) is 1.88. The fourth-order valence-corrected chi connectivity index (χ4v) is 4.91. The quantitative estimate of drug-likeness (QED) is 0.731. The Morgan fingerprint density at radius 1 is 1.24 bits per heavy atom. The van der Waals surface area contributed by atoms with Crippen LogP contribution in [0.3, 0.4) is 0 Å². The van der Waals surface area contributed by atoms with Crippen molar-refractivity contribution in [3.8, 4) is 6.07 Å². The minimum Gasteiger partial charge on any atom is -0.335 e. The normalized spacial score (nSPS) is 25.3. The third-order valence-corrected chi connectivity index (χ3v) is 6.16. The minimum absolute atomic E-state index is 0.0151. The highest BCUT2D eigenvalue weighted by Gasteiger charge is 2.63. The summed E-state index contributed by atoms with van der Waals surface area (Å²) >= 11 is 0. The lowest BCUT2D eigenvalue weighted by atomic mass is 10.1. The van der Waals surface area contributed by atoms with E-state index in [1.807, 2.05) is 19.9 Å². The third kappa shape index (κ3) is 2.24. The van der Waals surface area contributed by atoms with Gasteiger partial charge in [-0.05, 0) is 6.42 Å². The van der Waals surface area contributed by atoms with Crippen molar-refractivity contribution in [2.45, 2.75) is 38.4 Å². The second-order valence-corrected chi connectivity index (χ2v) is 8.06. The summed E-state index contributed by atoms with van der Waals surface area (Å²) in [6.45, 7) is 4.15. The molecule has 2 bridgehead atoms. The van der Waals surface area contributed by atoms with Gasteiger partial charge in [0.2, 0.25) is 5.91 Å². The molecule has 8 heteroatoms. The van der Waals surface area contributed by atoms with E-state index in [4.69, 9.17) is 0 Å². The van der Waals surface area contributed by atoms with E-state index in [9.17, 15) is 19.6 Å². The topological polar surface area (TPSA) is 97.6 Å². The summed E-state index contributed by atoms with van der Waals surface area (Å²) in [6, 6.07) is 7.71. The first kappa shape index (κ1) is 17.6. The van der Waals surface area contributed by atoms with Crippen LogP contribution in [0.1, 0.15) is 26.0 Å². The lowest BCUT2D eigenvalue weighted by Crippen LogP contribution is -2.55. The molecule has 3 saturated heterocycles. The molecule has 8 nitrogen and oxygen atoms in total. The zero-order valence-corrected chi connectivity index (χ0v) is 16.1. The monoisotopic (exact) mass is 389 g/mol. The van der Waals surface area contributed by atoms with Gasteiger partial charge in [-0.3, -0.25) is 9.59 Å². The average molecular weight is 389 g/mol. The molecule has 3 aliphatic heterocycles. The number of amides is 4. The molecule has 1 aromatic carbocycles. The van der Waals surface area contributed by atoms with Crippen molar-refractivity contribution in [1.29, 1.82) is 5.26 Å². The Kier molecular flexibility index (Phi) is 3.65. The molecule has 0 N–H and O–H groups in total. The average Bonchev–Trinajstić information content (AvgIpc) is 3.38. The Hall–Kier alpha value is -3.47. The van der Waals surface area contributed by atoms with Gasteiger partial charge in [0.15, 0.2) is 0 Å². The Morgan fingerprint density at radius 2 is 1.97 bits per heavy atom. The number of hydrogen-bond donors (Lipinski definition) is 0. The van der Waals surface area contributed by atoms with E-state index in [2.05, 4.69) is 4.98 Å². The van der Waals surface area contributed by atoms with Gasteiger partial charge in [-0.1, -0.05) is 38.1 Å². The standard InChI is InChI=1S/C21H19N5O3/c1-11(2)19(27)24-10-12-7-16(24)18-20(28)26(21(29)25(12)18)17-9-23-15(8-22)13-5-3-4-6-14(13)17/h3-6,9,11-12,16,18H,7,10H2,1-2H3/t12?,16?,18-/m1/s1. The largest absolute Gasteiger partial charge is 0.335 e. The second kappa shape index (κ2) is 6.01. The maximum atomic E-state index is 13.4. The highest BCUT2D eigenvalue weighted by Crippen LogP contribution is 2.43. The van der Waals surface area contributed by atoms with Crippen molar-refractivity contribution < 1.29 is 14.4 Å². The number of pyridine rings is 1. The number of rotatable bonds is 2.